The van der Waals surface area contributed by atoms with E-state index in [1.165, 1.54) is 17.5 Å². The Labute approximate surface area is 131 Å². The molecule has 0 saturated heterocycles. The Morgan fingerprint density at radius 1 is 1.36 bits per heavy atom. The van der Waals surface area contributed by atoms with E-state index in [2.05, 4.69) is 27.6 Å². The van der Waals surface area contributed by atoms with E-state index in [0.29, 0.717) is 6.04 Å². The number of fused-ring (bicyclic) bond motifs is 1. The number of nitrogens with one attached hydrogen (secondary N) is 1. The molecular weight excluding hydrogens is 278 g/mol. The lowest BCUT2D eigenvalue weighted by Gasteiger charge is -2.25. The average Bonchev–Trinajstić information content (AvgIpc) is 3.02. The van der Waals surface area contributed by atoms with Crippen LogP contribution in [0.1, 0.15) is 36.2 Å². The molecule has 2 aromatic rings. The van der Waals surface area contributed by atoms with Crippen molar-refractivity contribution in [2.75, 3.05) is 13.7 Å². The van der Waals surface area contributed by atoms with Gasteiger partial charge in [0.05, 0.1) is 7.11 Å². The van der Waals surface area contributed by atoms with E-state index in [4.69, 9.17) is 9.26 Å². The van der Waals surface area contributed by atoms with E-state index in [0.717, 1.165) is 49.7 Å². The number of aromatic nitrogens is 2. The van der Waals surface area contributed by atoms with Crippen molar-refractivity contribution in [3.8, 4) is 5.75 Å². The molecule has 1 atom stereocenters. The van der Waals surface area contributed by atoms with Gasteiger partial charge in [0, 0.05) is 25.4 Å². The van der Waals surface area contributed by atoms with Crippen molar-refractivity contribution in [2.24, 2.45) is 0 Å². The fourth-order valence-electron chi connectivity index (χ4n) is 2.95. The van der Waals surface area contributed by atoms with Gasteiger partial charge in [-0.3, -0.25) is 0 Å². The minimum atomic E-state index is 0.508. The van der Waals surface area contributed by atoms with E-state index in [-0.39, 0.29) is 0 Å². The summed E-state index contributed by atoms with van der Waals surface area (Å²) in [6.45, 7) is 2.90. The zero-order chi connectivity index (χ0) is 15.4. The Hall–Kier alpha value is -1.88. The summed E-state index contributed by atoms with van der Waals surface area (Å²) >= 11 is 0. The van der Waals surface area contributed by atoms with Crippen LogP contribution in [0.25, 0.3) is 0 Å². The molecule has 0 bridgehead atoms. The monoisotopic (exact) mass is 301 g/mol. The predicted molar refractivity (Wildman–Crippen MR) is 84.2 cm³/mol. The first-order valence-electron chi connectivity index (χ1n) is 7.99. The van der Waals surface area contributed by atoms with Crippen LogP contribution in [-0.4, -0.2) is 29.8 Å². The first-order chi connectivity index (χ1) is 10.8. The molecule has 1 aromatic heterocycles. The maximum atomic E-state index is 5.32. The molecule has 1 unspecified atom stereocenters. The van der Waals surface area contributed by atoms with Gasteiger partial charge in [-0.15, -0.1) is 0 Å². The summed E-state index contributed by atoms with van der Waals surface area (Å²) in [5.74, 6) is 2.45. The van der Waals surface area contributed by atoms with Gasteiger partial charge in [-0.1, -0.05) is 18.1 Å². The Balaban J connectivity index is 1.51. The second-order valence-corrected chi connectivity index (χ2v) is 5.74. The van der Waals surface area contributed by atoms with Gasteiger partial charge in [0.2, 0.25) is 5.89 Å². The summed E-state index contributed by atoms with van der Waals surface area (Å²) in [4.78, 5) is 4.34. The third-order valence-corrected chi connectivity index (χ3v) is 4.24. The highest BCUT2D eigenvalue weighted by molar-refractivity contribution is 5.37. The van der Waals surface area contributed by atoms with Crippen LogP contribution in [-0.2, 0) is 25.7 Å². The van der Waals surface area contributed by atoms with E-state index in [9.17, 15) is 0 Å². The van der Waals surface area contributed by atoms with Crippen LogP contribution >= 0.6 is 0 Å². The van der Waals surface area contributed by atoms with Gasteiger partial charge in [0.1, 0.15) is 5.75 Å². The van der Waals surface area contributed by atoms with E-state index in [1.54, 1.807) is 7.11 Å². The largest absolute Gasteiger partial charge is 0.497 e. The van der Waals surface area contributed by atoms with Crippen molar-refractivity contribution in [1.29, 1.82) is 0 Å². The minimum Gasteiger partial charge on any atom is -0.497 e. The molecular formula is C17H23N3O2. The Morgan fingerprint density at radius 3 is 3.05 bits per heavy atom. The Bertz CT molecular complexity index is 624. The van der Waals surface area contributed by atoms with Gasteiger partial charge < -0.3 is 14.6 Å². The van der Waals surface area contributed by atoms with Crippen LogP contribution in [0.15, 0.2) is 22.7 Å². The summed E-state index contributed by atoms with van der Waals surface area (Å²) in [6.07, 6.45) is 4.95. The first-order valence-corrected chi connectivity index (χ1v) is 7.99. The van der Waals surface area contributed by atoms with Gasteiger partial charge >= 0.3 is 0 Å². The zero-order valence-corrected chi connectivity index (χ0v) is 13.3. The topological polar surface area (TPSA) is 60.2 Å². The molecule has 1 N–H and O–H groups in total. The fourth-order valence-corrected chi connectivity index (χ4v) is 2.95. The van der Waals surface area contributed by atoms with Crippen molar-refractivity contribution in [2.45, 2.75) is 45.1 Å². The van der Waals surface area contributed by atoms with Crippen LogP contribution < -0.4 is 10.1 Å². The van der Waals surface area contributed by atoms with Gasteiger partial charge in [-0.2, -0.15) is 4.98 Å². The highest BCUT2D eigenvalue weighted by Crippen LogP contribution is 2.25. The molecule has 1 heterocycles. The normalized spacial score (nSPS) is 17.3. The Morgan fingerprint density at radius 2 is 2.27 bits per heavy atom. The molecule has 5 nitrogen and oxygen atoms in total. The number of nitrogens with zero attached hydrogens (tertiary/aromatic N) is 2. The number of ether oxygens (including phenoxy) is 1. The first kappa shape index (κ1) is 15.0. The molecule has 0 saturated carbocycles. The van der Waals surface area contributed by atoms with E-state index >= 15 is 0 Å². The summed E-state index contributed by atoms with van der Waals surface area (Å²) in [7, 11) is 1.72. The number of hydrogen-bond acceptors (Lipinski definition) is 5. The van der Waals surface area contributed by atoms with Crippen LogP contribution in [0.2, 0.25) is 0 Å². The molecule has 1 aromatic carbocycles. The molecule has 0 radical (unpaired) electrons. The molecule has 1 aliphatic rings. The third kappa shape index (κ3) is 3.47. The predicted octanol–water partition coefficient (Wildman–Crippen LogP) is 2.33. The van der Waals surface area contributed by atoms with Crippen LogP contribution in [0.5, 0.6) is 5.75 Å². The second kappa shape index (κ2) is 6.92. The van der Waals surface area contributed by atoms with E-state index in [1.807, 2.05) is 13.0 Å². The van der Waals surface area contributed by atoms with Crippen LogP contribution in [0.3, 0.4) is 0 Å². The SMILES string of the molecule is CCc1noc(CCNC2CCc3ccc(OC)cc3C2)n1. The summed E-state index contributed by atoms with van der Waals surface area (Å²) < 4.78 is 10.5. The standard InChI is InChI=1S/C17H23N3O2/c1-3-16-19-17(22-20-16)8-9-18-14-6-4-12-5-7-15(21-2)11-13(12)10-14/h5,7,11,14,18H,3-4,6,8-10H2,1-2H3. The molecule has 5 heteroatoms. The van der Waals surface area contributed by atoms with E-state index < -0.39 is 0 Å². The number of aryl methyl sites for hydroxylation is 2. The van der Waals surface area contributed by atoms with Crippen LogP contribution in [0.4, 0.5) is 0 Å². The summed E-state index contributed by atoms with van der Waals surface area (Å²) in [5, 5.41) is 7.53. The number of methoxy groups -OCH3 is 1. The maximum Gasteiger partial charge on any atom is 0.227 e. The molecule has 0 spiro atoms. The molecule has 0 amide bonds. The summed E-state index contributed by atoms with van der Waals surface area (Å²) in [6, 6.07) is 6.91. The second-order valence-electron chi connectivity index (χ2n) is 5.74. The molecule has 118 valence electrons. The number of hydrogen-bond donors (Lipinski definition) is 1. The highest BCUT2D eigenvalue weighted by Gasteiger charge is 2.18. The minimum absolute atomic E-state index is 0.508. The van der Waals surface area contributed by atoms with Gasteiger partial charge in [0.25, 0.3) is 0 Å². The van der Waals surface area contributed by atoms with Gasteiger partial charge in [-0.25, -0.2) is 0 Å². The number of benzene rings is 1. The van der Waals surface area contributed by atoms with Gasteiger partial charge in [0.15, 0.2) is 5.82 Å². The van der Waals surface area contributed by atoms with Crippen molar-refractivity contribution in [1.82, 2.24) is 15.5 Å². The van der Waals surface area contributed by atoms with Gasteiger partial charge in [-0.05, 0) is 42.5 Å². The lowest BCUT2D eigenvalue weighted by molar-refractivity contribution is 0.364. The van der Waals surface area contributed by atoms with Crippen LogP contribution in [0, 0.1) is 0 Å². The number of rotatable bonds is 6. The van der Waals surface area contributed by atoms with Crippen molar-refractivity contribution in [3.63, 3.8) is 0 Å². The molecule has 0 fully saturated rings. The molecule has 0 aliphatic heterocycles. The summed E-state index contributed by atoms with van der Waals surface area (Å²) in [5.41, 5.74) is 2.84. The van der Waals surface area contributed by atoms with Crippen molar-refractivity contribution >= 4 is 0 Å². The lowest BCUT2D eigenvalue weighted by atomic mass is 9.88. The Kier molecular flexibility index (Phi) is 4.73. The quantitative estimate of drug-likeness (QED) is 0.887. The molecule has 3 rings (SSSR count). The highest BCUT2D eigenvalue weighted by atomic mass is 16.5. The van der Waals surface area contributed by atoms with Crippen molar-refractivity contribution < 1.29 is 9.26 Å². The zero-order valence-electron chi connectivity index (χ0n) is 13.3. The molecule has 22 heavy (non-hydrogen) atoms. The third-order valence-electron chi connectivity index (χ3n) is 4.24. The lowest BCUT2D eigenvalue weighted by Crippen LogP contribution is -2.35. The fraction of sp³-hybridized carbons (Fsp3) is 0.529. The average molecular weight is 301 g/mol. The maximum absolute atomic E-state index is 5.32. The van der Waals surface area contributed by atoms with Crippen molar-refractivity contribution in [3.05, 3.63) is 41.0 Å². The molecule has 1 aliphatic carbocycles. The smallest absolute Gasteiger partial charge is 0.227 e.